The van der Waals surface area contributed by atoms with E-state index in [0.717, 1.165) is 19.3 Å². The Kier molecular flexibility index (Phi) is 3.04. The summed E-state index contributed by atoms with van der Waals surface area (Å²) in [6, 6.07) is 5.52. The van der Waals surface area contributed by atoms with Crippen molar-refractivity contribution >= 4 is 10.0 Å². The first-order valence-electron chi connectivity index (χ1n) is 5.64. The molecule has 1 aromatic carbocycles. The normalized spacial score (nSPS) is 15.4. The molecule has 0 aromatic heterocycles. The molecular formula is C12H17NO2S. The van der Waals surface area contributed by atoms with Crippen LogP contribution in [0, 0.1) is 0 Å². The van der Waals surface area contributed by atoms with Crippen molar-refractivity contribution in [2.24, 2.45) is 0 Å². The van der Waals surface area contributed by atoms with E-state index in [-0.39, 0.29) is 0 Å². The van der Waals surface area contributed by atoms with Gasteiger partial charge >= 0.3 is 0 Å². The van der Waals surface area contributed by atoms with Gasteiger partial charge in [0.1, 0.15) is 0 Å². The summed E-state index contributed by atoms with van der Waals surface area (Å²) in [5.41, 5.74) is 2.50. The van der Waals surface area contributed by atoms with E-state index >= 15 is 0 Å². The van der Waals surface area contributed by atoms with Gasteiger partial charge in [0.15, 0.2) is 0 Å². The topological polar surface area (TPSA) is 37.4 Å². The zero-order valence-electron chi connectivity index (χ0n) is 9.73. The summed E-state index contributed by atoms with van der Waals surface area (Å²) < 4.78 is 25.6. The number of fused-ring (bicyclic) bond motifs is 1. The number of sulfonamides is 1. The number of nitrogens with zero attached hydrogens (tertiary/aromatic N) is 1. The van der Waals surface area contributed by atoms with Crippen molar-refractivity contribution in [3.05, 3.63) is 29.3 Å². The highest BCUT2D eigenvalue weighted by atomic mass is 32.2. The third-order valence-electron chi connectivity index (χ3n) is 3.22. The molecule has 0 amide bonds. The van der Waals surface area contributed by atoms with Gasteiger partial charge < -0.3 is 0 Å². The maximum atomic E-state index is 12.1. The van der Waals surface area contributed by atoms with Gasteiger partial charge in [-0.05, 0) is 42.5 Å². The number of aryl methyl sites for hydroxylation is 2. The number of rotatable bonds is 3. The lowest BCUT2D eigenvalue weighted by molar-refractivity contribution is 0.486. The van der Waals surface area contributed by atoms with Crippen LogP contribution >= 0.6 is 0 Å². The van der Waals surface area contributed by atoms with Crippen LogP contribution in [-0.2, 0) is 22.9 Å². The second-order valence-electron chi connectivity index (χ2n) is 4.20. The molecule has 1 aliphatic carbocycles. The van der Waals surface area contributed by atoms with Gasteiger partial charge in [0, 0.05) is 13.6 Å². The molecule has 16 heavy (non-hydrogen) atoms. The molecule has 0 aliphatic heterocycles. The molecule has 0 fully saturated rings. The molecule has 0 saturated carbocycles. The Morgan fingerprint density at radius 3 is 2.62 bits per heavy atom. The first kappa shape index (κ1) is 11.6. The van der Waals surface area contributed by atoms with Crippen molar-refractivity contribution in [1.29, 1.82) is 0 Å². The van der Waals surface area contributed by atoms with Gasteiger partial charge in [0.05, 0.1) is 4.90 Å². The fraction of sp³-hybridized carbons (Fsp3) is 0.500. The molecule has 0 bridgehead atoms. The van der Waals surface area contributed by atoms with Crippen molar-refractivity contribution in [2.75, 3.05) is 13.6 Å². The molecule has 4 heteroatoms. The van der Waals surface area contributed by atoms with E-state index in [1.165, 1.54) is 15.4 Å². The monoisotopic (exact) mass is 239 g/mol. The van der Waals surface area contributed by atoms with Crippen molar-refractivity contribution < 1.29 is 8.42 Å². The Labute approximate surface area is 97.1 Å². The summed E-state index contributed by atoms with van der Waals surface area (Å²) in [6.07, 6.45) is 3.23. The fourth-order valence-electron chi connectivity index (χ4n) is 2.06. The zero-order valence-corrected chi connectivity index (χ0v) is 10.5. The third kappa shape index (κ3) is 1.87. The Balaban J connectivity index is 2.42. The quantitative estimate of drug-likeness (QED) is 0.807. The minimum absolute atomic E-state index is 0.428. The molecule has 88 valence electrons. The van der Waals surface area contributed by atoms with Crippen LogP contribution in [0.3, 0.4) is 0 Å². The second kappa shape index (κ2) is 4.18. The molecule has 0 saturated heterocycles. The summed E-state index contributed by atoms with van der Waals surface area (Å²) in [5.74, 6) is 0. The van der Waals surface area contributed by atoms with Gasteiger partial charge in [-0.15, -0.1) is 0 Å². The summed E-state index contributed by atoms with van der Waals surface area (Å²) in [4.78, 5) is 0.428. The largest absolute Gasteiger partial charge is 0.242 e. The van der Waals surface area contributed by atoms with E-state index in [9.17, 15) is 8.42 Å². The maximum absolute atomic E-state index is 12.1. The highest BCUT2D eigenvalue weighted by Gasteiger charge is 2.21. The zero-order chi connectivity index (χ0) is 11.8. The Hall–Kier alpha value is -0.870. The summed E-state index contributed by atoms with van der Waals surface area (Å²) in [7, 11) is -1.66. The van der Waals surface area contributed by atoms with Crippen molar-refractivity contribution in [1.82, 2.24) is 4.31 Å². The highest BCUT2D eigenvalue weighted by molar-refractivity contribution is 7.89. The lowest BCUT2D eigenvalue weighted by Gasteiger charge is -2.15. The Morgan fingerprint density at radius 2 is 1.94 bits per heavy atom. The molecule has 0 radical (unpaired) electrons. The predicted molar refractivity (Wildman–Crippen MR) is 64.0 cm³/mol. The second-order valence-corrected chi connectivity index (χ2v) is 6.25. The summed E-state index contributed by atoms with van der Waals surface area (Å²) in [5, 5.41) is 0. The molecule has 3 nitrogen and oxygen atoms in total. The van der Waals surface area contributed by atoms with Crippen molar-refractivity contribution in [3.63, 3.8) is 0 Å². The number of benzene rings is 1. The molecule has 0 heterocycles. The molecule has 1 aromatic rings. The molecule has 1 aliphatic rings. The summed E-state index contributed by atoms with van der Waals surface area (Å²) >= 11 is 0. The lowest BCUT2D eigenvalue weighted by atomic mass is 10.1. The third-order valence-corrected chi connectivity index (χ3v) is 5.15. The van der Waals surface area contributed by atoms with Gasteiger partial charge in [-0.3, -0.25) is 0 Å². The molecular weight excluding hydrogens is 222 g/mol. The first-order chi connectivity index (χ1) is 7.55. The van der Waals surface area contributed by atoms with E-state index in [0.29, 0.717) is 11.4 Å². The van der Waals surface area contributed by atoms with Crippen LogP contribution in [0.15, 0.2) is 23.1 Å². The van der Waals surface area contributed by atoms with E-state index < -0.39 is 10.0 Å². The van der Waals surface area contributed by atoms with E-state index in [1.54, 1.807) is 13.1 Å². The van der Waals surface area contributed by atoms with Gasteiger partial charge in [0.25, 0.3) is 0 Å². The van der Waals surface area contributed by atoms with Gasteiger partial charge in [-0.1, -0.05) is 13.0 Å². The average Bonchev–Trinajstić information content (AvgIpc) is 2.74. The maximum Gasteiger partial charge on any atom is 0.242 e. The highest BCUT2D eigenvalue weighted by Crippen LogP contribution is 2.25. The molecule has 2 rings (SSSR count). The van der Waals surface area contributed by atoms with Crippen molar-refractivity contribution in [2.45, 2.75) is 31.1 Å². The number of hydrogen-bond donors (Lipinski definition) is 0. The van der Waals surface area contributed by atoms with Crippen LogP contribution in [0.2, 0.25) is 0 Å². The van der Waals surface area contributed by atoms with E-state index in [2.05, 4.69) is 0 Å². The van der Waals surface area contributed by atoms with Gasteiger partial charge in [0.2, 0.25) is 10.0 Å². The number of hydrogen-bond acceptors (Lipinski definition) is 2. The van der Waals surface area contributed by atoms with Gasteiger partial charge in [-0.25, -0.2) is 12.7 Å². The Bertz CT molecular complexity index is 494. The van der Waals surface area contributed by atoms with Gasteiger partial charge in [-0.2, -0.15) is 0 Å². The molecule has 0 atom stereocenters. The molecule has 0 unspecified atom stereocenters. The molecule has 0 spiro atoms. The minimum Gasteiger partial charge on any atom is -0.207 e. The average molecular weight is 239 g/mol. The predicted octanol–water partition coefficient (Wildman–Crippen LogP) is 1.82. The van der Waals surface area contributed by atoms with Crippen LogP contribution in [-0.4, -0.2) is 26.3 Å². The van der Waals surface area contributed by atoms with E-state index in [4.69, 9.17) is 0 Å². The van der Waals surface area contributed by atoms with Crippen molar-refractivity contribution in [3.8, 4) is 0 Å². The SMILES string of the molecule is CCN(C)S(=O)(=O)c1ccc2c(c1)CCC2. The summed E-state index contributed by atoms with van der Waals surface area (Å²) in [6.45, 7) is 2.34. The van der Waals surface area contributed by atoms with Crippen LogP contribution in [0.4, 0.5) is 0 Å². The van der Waals surface area contributed by atoms with Crippen LogP contribution in [0.5, 0.6) is 0 Å². The molecule has 0 N–H and O–H groups in total. The van der Waals surface area contributed by atoms with E-state index in [1.807, 2.05) is 19.1 Å². The lowest BCUT2D eigenvalue weighted by Crippen LogP contribution is -2.26. The minimum atomic E-state index is -3.28. The smallest absolute Gasteiger partial charge is 0.207 e. The standard InChI is InChI=1S/C12H17NO2S/c1-3-13(2)16(14,15)12-8-7-10-5-4-6-11(10)9-12/h7-9H,3-6H2,1-2H3. The fourth-order valence-corrected chi connectivity index (χ4v) is 3.29. The first-order valence-corrected chi connectivity index (χ1v) is 7.08. The van der Waals surface area contributed by atoms with Crippen LogP contribution in [0.25, 0.3) is 0 Å². The van der Waals surface area contributed by atoms with Crippen LogP contribution < -0.4 is 0 Å². The Morgan fingerprint density at radius 1 is 1.25 bits per heavy atom. The van der Waals surface area contributed by atoms with Crippen LogP contribution in [0.1, 0.15) is 24.5 Å².